The van der Waals surface area contributed by atoms with Gasteiger partial charge in [-0.05, 0) is 53.0 Å². The third-order valence-electron chi connectivity index (χ3n) is 3.19. The third-order valence-corrected chi connectivity index (χ3v) is 4.32. The van der Waals surface area contributed by atoms with Crippen LogP contribution in [0.3, 0.4) is 0 Å². The van der Waals surface area contributed by atoms with Gasteiger partial charge in [0.15, 0.2) is 5.78 Å². The molecule has 0 spiro atoms. The van der Waals surface area contributed by atoms with Crippen molar-refractivity contribution in [3.63, 3.8) is 0 Å². The maximum atomic E-state index is 12.3. The largest absolute Gasteiger partial charge is 0.444 e. The molecule has 1 saturated carbocycles. The molecule has 1 aromatic heterocycles. The number of amides is 1. The lowest BCUT2D eigenvalue weighted by Crippen LogP contribution is -2.27. The van der Waals surface area contributed by atoms with Gasteiger partial charge in [-0.1, -0.05) is 0 Å². The monoisotopic (exact) mass is 295 g/mol. The van der Waals surface area contributed by atoms with Gasteiger partial charge in [-0.3, -0.25) is 10.1 Å². The number of anilines is 1. The first kappa shape index (κ1) is 15.0. The molecular formula is C15H21NO3S. The predicted octanol–water partition coefficient (Wildman–Crippen LogP) is 4.30. The smallest absolute Gasteiger partial charge is 0.412 e. The number of hydrogen-bond acceptors (Lipinski definition) is 4. The summed E-state index contributed by atoms with van der Waals surface area (Å²) in [4.78, 5) is 25.3. The lowest BCUT2D eigenvalue weighted by atomic mass is 10.0. The topological polar surface area (TPSA) is 55.4 Å². The zero-order valence-electron chi connectivity index (χ0n) is 12.6. The molecule has 0 aliphatic heterocycles. The summed E-state index contributed by atoms with van der Waals surface area (Å²) in [5.41, 5.74) is 1.09. The number of ether oxygens (including phenoxy) is 1. The molecule has 20 heavy (non-hydrogen) atoms. The number of ketones is 1. The first-order valence-electron chi connectivity index (χ1n) is 6.83. The van der Waals surface area contributed by atoms with Crippen LogP contribution >= 0.6 is 11.3 Å². The summed E-state index contributed by atoms with van der Waals surface area (Å²) in [6.45, 7) is 9.33. The van der Waals surface area contributed by atoms with Crippen molar-refractivity contribution in [2.45, 2.75) is 53.1 Å². The number of hydrogen-bond donors (Lipinski definition) is 1. The number of rotatable bonds is 3. The Kier molecular flexibility index (Phi) is 3.91. The summed E-state index contributed by atoms with van der Waals surface area (Å²) in [5, 5.41) is 3.35. The molecule has 1 amide bonds. The van der Waals surface area contributed by atoms with Gasteiger partial charge in [0.05, 0.1) is 5.56 Å². The van der Waals surface area contributed by atoms with Gasteiger partial charge in [0.2, 0.25) is 0 Å². The van der Waals surface area contributed by atoms with Crippen LogP contribution in [0, 0.1) is 19.8 Å². The van der Waals surface area contributed by atoms with E-state index in [0.717, 1.165) is 23.3 Å². The van der Waals surface area contributed by atoms with E-state index in [9.17, 15) is 9.59 Å². The van der Waals surface area contributed by atoms with Crippen molar-refractivity contribution in [2.24, 2.45) is 5.92 Å². The van der Waals surface area contributed by atoms with E-state index in [0.29, 0.717) is 10.6 Å². The van der Waals surface area contributed by atoms with Crippen molar-refractivity contribution in [1.29, 1.82) is 0 Å². The number of carbonyl (C=O) groups excluding carboxylic acids is 2. The van der Waals surface area contributed by atoms with Crippen molar-refractivity contribution < 1.29 is 14.3 Å². The normalized spacial score (nSPS) is 15.1. The fourth-order valence-corrected chi connectivity index (χ4v) is 3.01. The van der Waals surface area contributed by atoms with E-state index < -0.39 is 11.7 Å². The highest BCUT2D eigenvalue weighted by molar-refractivity contribution is 7.16. The molecule has 1 aliphatic rings. The van der Waals surface area contributed by atoms with Crippen molar-refractivity contribution in [1.82, 2.24) is 0 Å². The van der Waals surface area contributed by atoms with Crippen molar-refractivity contribution in [3.8, 4) is 0 Å². The second-order valence-corrected chi connectivity index (χ2v) is 7.48. The van der Waals surface area contributed by atoms with Crippen LogP contribution in [0.5, 0.6) is 0 Å². The Morgan fingerprint density at radius 2 is 1.85 bits per heavy atom. The van der Waals surface area contributed by atoms with Gasteiger partial charge in [-0.15, -0.1) is 11.3 Å². The number of Topliss-reactive ketones (excluding diaryl/α,β-unsaturated/α-hetero) is 1. The van der Waals surface area contributed by atoms with Gasteiger partial charge in [0, 0.05) is 10.8 Å². The lowest BCUT2D eigenvalue weighted by Gasteiger charge is -2.19. The molecule has 4 nitrogen and oxygen atoms in total. The zero-order chi connectivity index (χ0) is 15.1. The zero-order valence-corrected chi connectivity index (χ0v) is 13.4. The molecule has 5 heteroatoms. The summed E-state index contributed by atoms with van der Waals surface area (Å²) in [7, 11) is 0. The predicted molar refractivity (Wildman–Crippen MR) is 80.7 cm³/mol. The summed E-state index contributed by atoms with van der Waals surface area (Å²) in [6, 6.07) is 0. The third kappa shape index (κ3) is 3.39. The second-order valence-electron chi connectivity index (χ2n) is 6.25. The second kappa shape index (κ2) is 5.20. The Morgan fingerprint density at radius 1 is 1.25 bits per heavy atom. The number of aryl methyl sites for hydroxylation is 1. The number of nitrogens with one attached hydrogen (secondary N) is 1. The van der Waals surface area contributed by atoms with Crippen LogP contribution in [0.1, 0.15) is 54.4 Å². The van der Waals surface area contributed by atoms with Crippen molar-refractivity contribution in [2.75, 3.05) is 5.32 Å². The molecule has 0 aromatic carbocycles. The summed E-state index contributed by atoms with van der Waals surface area (Å²) >= 11 is 1.44. The van der Waals surface area contributed by atoms with E-state index in [4.69, 9.17) is 4.74 Å². The molecule has 0 atom stereocenters. The molecule has 110 valence electrons. The Bertz CT molecular complexity index is 550. The molecular weight excluding hydrogens is 274 g/mol. The lowest BCUT2D eigenvalue weighted by molar-refractivity contribution is 0.0636. The minimum atomic E-state index is -0.550. The summed E-state index contributed by atoms with van der Waals surface area (Å²) < 4.78 is 5.25. The fraction of sp³-hybridized carbons (Fsp3) is 0.600. The van der Waals surface area contributed by atoms with Crippen LogP contribution in [0.2, 0.25) is 0 Å². The molecule has 0 unspecified atom stereocenters. The van der Waals surface area contributed by atoms with E-state index in [-0.39, 0.29) is 11.7 Å². The SMILES string of the molecule is Cc1sc(NC(=O)OC(C)(C)C)c(C(=O)C2CC2)c1C. The first-order chi connectivity index (χ1) is 9.19. The van der Waals surface area contributed by atoms with E-state index >= 15 is 0 Å². The minimum absolute atomic E-state index is 0.141. The van der Waals surface area contributed by atoms with Gasteiger partial charge in [0.1, 0.15) is 10.6 Å². The summed E-state index contributed by atoms with van der Waals surface area (Å²) in [6.07, 6.45) is 1.40. The van der Waals surface area contributed by atoms with Gasteiger partial charge in [0.25, 0.3) is 0 Å². The molecule has 1 N–H and O–H groups in total. The van der Waals surface area contributed by atoms with E-state index in [1.165, 1.54) is 11.3 Å². The van der Waals surface area contributed by atoms with E-state index in [1.807, 2.05) is 34.6 Å². The Morgan fingerprint density at radius 3 is 2.35 bits per heavy atom. The standard InChI is InChI=1S/C15H21NO3S/c1-8-9(2)20-13(11(8)12(17)10-6-7-10)16-14(18)19-15(3,4)5/h10H,6-7H2,1-5H3,(H,16,18). The molecule has 2 rings (SSSR count). The first-order valence-corrected chi connectivity index (χ1v) is 7.65. The van der Waals surface area contributed by atoms with Crippen molar-refractivity contribution >= 4 is 28.2 Å². The maximum Gasteiger partial charge on any atom is 0.412 e. The van der Waals surface area contributed by atoms with Gasteiger partial charge in [-0.2, -0.15) is 0 Å². The maximum absolute atomic E-state index is 12.3. The molecule has 1 aliphatic carbocycles. The molecule has 0 saturated heterocycles. The molecule has 0 bridgehead atoms. The van der Waals surface area contributed by atoms with Crippen LogP contribution in [0.4, 0.5) is 9.80 Å². The molecule has 1 fully saturated rings. The number of thiophene rings is 1. The Balaban J connectivity index is 2.21. The highest BCUT2D eigenvalue weighted by Crippen LogP contribution is 2.40. The minimum Gasteiger partial charge on any atom is -0.444 e. The highest BCUT2D eigenvalue weighted by atomic mass is 32.1. The van der Waals surface area contributed by atoms with E-state index in [2.05, 4.69) is 5.32 Å². The fourth-order valence-electron chi connectivity index (χ4n) is 1.96. The molecule has 0 radical (unpaired) electrons. The number of carbonyl (C=O) groups is 2. The Hall–Kier alpha value is -1.36. The van der Waals surface area contributed by atoms with Crippen LogP contribution < -0.4 is 5.32 Å². The van der Waals surface area contributed by atoms with Gasteiger partial charge < -0.3 is 4.74 Å². The molecule has 1 heterocycles. The summed E-state index contributed by atoms with van der Waals surface area (Å²) in [5.74, 6) is 0.291. The van der Waals surface area contributed by atoms with Gasteiger partial charge >= 0.3 is 6.09 Å². The van der Waals surface area contributed by atoms with Crippen LogP contribution in [-0.4, -0.2) is 17.5 Å². The van der Waals surface area contributed by atoms with Crippen LogP contribution in [0.15, 0.2) is 0 Å². The van der Waals surface area contributed by atoms with Crippen molar-refractivity contribution in [3.05, 3.63) is 16.0 Å². The van der Waals surface area contributed by atoms with Gasteiger partial charge in [-0.25, -0.2) is 4.79 Å². The average molecular weight is 295 g/mol. The molecule has 1 aromatic rings. The quantitative estimate of drug-likeness (QED) is 0.846. The highest BCUT2D eigenvalue weighted by Gasteiger charge is 2.34. The van der Waals surface area contributed by atoms with Crippen LogP contribution in [-0.2, 0) is 4.74 Å². The van der Waals surface area contributed by atoms with E-state index in [1.54, 1.807) is 0 Å². The average Bonchev–Trinajstić information content (AvgIpc) is 3.05. The Labute approximate surface area is 123 Å². The van der Waals surface area contributed by atoms with Crippen LogP contribution in [0.25, 0.3) is 0 Å².